The zero-order chi connectivity index (χ0) is 16.4. The molecule has 3 rings (SSSR count). The number of methoxy groups -OCH3 is 1. The van der Waals surface area contributed by atoms with E-state index in [1.54, 1.807) is 17.8 Å². The van der Waals surface area contributed by atoms with Crippen LogP contribution in [0.15, 0.2) is 36.5 Å². The standard InChI is InChI=1S/C17H21N5O/c1-11(2)16-20-15-8-9-18-22(15)17(21-16)19-12(3)13-6-5-7-14(10-13)23-4/h5-12H,1-4H3,(H,19,20,21). The van der Waals surface area contributed by atoms with E-state index in [1.807, 2.05) is 24.3 Å². The van der Waals surface area contributed by atoms with E-state index in [4.69, 9.17) is 4.74 Å². The van der Waals surface area contributed by atoms with Crippen LogP contribution in [-0.4, -0.2) is 26.7 Å². The Balaban J connectivity index is 1.95. The van der Waals surface area contributed by atoms with Gasteiger partial charge in [-0.3, -0.25) is 0 Å². The minimum Gasteiger partial charge on any atom is -0.497 e. The van der Waals surface area contributed by atoms with Crippen LogP contribution < -0.4 is 10.1 Å². The molecule has 0 aliphatic carbocycles. The van der Waals surface area contributed by atoms with E-state index in [1.165, 1.54) is 0 Å². The van der Waals surface area contributed by atoms with Crippen LogP contribution in [0.25, 0.3) is 5.65 Å². The van der Waals surface area contributed by atoms with Crippen molar-refractivity contribution >= 4 is 11.6 Å². The van der Waals surface area contributed by atoms with Gasteiger partial charge in [0, 0.05) is 12.0 Å². The lowest BCUT2D eigenvalue weighted by Gasteiger charge is -2.17. The number of benzene rings is 1. The predicted molar refractivity (Wildman–Crippen MR) is 89.9 cm³/mol. The SMILES string of the molecule is COc1cccc(C(C)Nc2nc(C(C)C)nc3ccnn23)c1. The van der Waals surface area contributed by atoms with Crippen molar-refractivity contribution in [2.45, 2.75) is 32.7 Å². The molecular formula is C17H21N5O. The van der Waals surface area contributed by atoms with Crippen LogP contribution >= 0.6 is 0 Å². The molecule has 0 amide bonds. The molecule has 6 heteroatoms. The van der Waals surface area contributed by atoms with E-state index in [0.29, 0.717) is 5.95 Å². The molecule has 0 saturated heterocycles. The maximum absolute atomic E-state index is 5.29. The summed E-state index contributed by atoms with van der Waals surface area (Å²) in [6.45, 7) is 6.25. The Bertz CT molecular complexity index is 812. The number of nitrogens with zero attached hydrogens (tertiary/aromatic N) is 4. The van der Waals surface area contributed by atoms with Gasteiger partial charge in [0.05, 0.1) is 19.3 Å². The zero-order valence-corrected chi connectivity index (χ0v) is 13.8. The van der Waals surface area contributed by atoms with Gasteiger partial charge in [-0.1, -0.05) is 26.0 Å². The fourth-order valence-corrected chi connectivity index (χ4v) is 2.38. The number of aromatic nitrogens is 4. The van der Waals surface area contributed by atoms with Crippen molar-refractivity contribution < 1.29 is 4.74 Å². The molecule has 0 fully saturated rings. The summed E-state index contributed by atoms with van der Waals surface area (Å²) in [5, 5.41) is 7.73. The molecule has 2 aromatic heterocycles. The molecule has 1 aromatic carbocycles. The summed E-state index contributed by atoms with van der Waals surface area (Å²) in [6.07, 6.45) is 1.73. The van der Waals surface area contributed by atoms with Crippen molar-refractivity contribution in [2.24, 2.45) is 0 Å². The Morgan fingerprint density at radius 1 is 1.13 bits per heavy atom. The number of anilines is 1. The monoisotopic (exact) mass is 311 g/mol. The molecule has 1 N–H and O–H groups in total. The van der Waals surface area contributed by atoms with Gasteiger partial charge >= 0.3 is 0 Å². The van der Waals surface area contributed by atoms with Crippen molar-refractivity contribution in [3.63, 3.8) is 0 Å². The van der Waals surface area contributed by atoms with Gasteiger partial charge in [0.25, 0.3) is 0 Å². The van der Waals surface area contributed by atoms with Crippen LogP contribution in [0.1, 0.15) is 44.1 Å². The molecule has 2 heterocycles. The first-order valence-corrected chi connectivity index (χ1v) is 7.70. The molecule has 0 aliphatic rings. The summed E-state index contributed by atoms with van der Waals surface area (Å²) in [5.74, 6) is 2.59. The quantitative estimate of drug-likeness (QED) is 0.782. The topological polar surface area (TPSA) is 64.3 Å². The van der Waals surface area contributed by atoms with Crippen LogP contribution in [0.3, 0.4) is 0 Å². The van der Waals surface area contributed by atoms with Crippen LogP contribution in [0, 0.1) is 0 Å². The minimum absolute atomic E-state index is 0.0624. The zero-order valence-electron chi connectivity index (χ0n) is 13.8. The average molecular weight is 311 g/mol. The molecule has 0 radical (unpaired) electrons. The van der Waals surface area contributed by atoms with Gasteiger partial charge in [0.1, 0.15) is 11.6 Å². The lowest BCUT2D eigenvalue weighted by atomic mass is 10.1. The number of ether oxygens (including phenoxy) is 1. The fraction of sp³-hybridized carbons (Fsp3) is 0.353. The van der Waals surface area contributed by atoms with E-state index in [0.717, 1.165) is 22.8 Å². The number of nitrogens with one attached hydrogen (secondary N) is 1. The fourth-order valence-electron chi connectivity index (χ4n) is 2.38. The molecule has 1 atom stereocenters. The smallest absolute Gasteiger partial charge is 0.228 e. The molecule has 0 spiro atoms. The third-order valence-corrected chi connectivity index (χ3v) is 3.73. The number of hydrogen-bond donors (Lipinski definition) is 1. The van der Waals surface area contributed by atoms with Gasteiger partial charge in [-0.2, -0.15) is 14.6 Å². The first-order valence-electron chi connectivity index (χ1n) is 7.70. The van der Waals surface area contributed by atoms with Crippen LogP contribution in [-0.2, 0) is 0 Å². The Kier molecular flexibility index (Phi) is 4.14. The molecule has 1 unspecified atom stereocenters. The first-order chi connectivity index (χ1) is 11.1. The van der Waals surface area contributed by atoms with E-state index in [2.05, 4.69) is 47.2 Å². The minimum atomic E-state index is 0.0624. The summed E-state index contributed by atoms with van der Waals surface area (Å²) in [7, 11) is 1.67. The highest BCUT2D eigenvalue weighted by Gasteiger charge is 2.14. The third kappa shape index (κ3) is 3.11. The maximum Gasteiger partial charge on any atom is 0.228 e. The summed E-state index contributed by atoms with van der Waals surface area (Å²) < 4.78 is 7.02. The Morgan fingerprint density at radius 2 is 1.96 bits per heavy atom. The molecule has 6 nitrogen and oxygen atoms in total. The van der Waals surface area contributed by atoms with Crippen molar-refractivity contribution in [3.8, 4) is 5.75 Å². The maximum atomic E-state index is 5.29. The average Bonchev–Trinajstić information content (AvgIpc) is 3.03. The summed E-state index contributed by atoms with van der Waals surface area (Å²) >= 11 is 0. The molecule has 0 bridgehead atoms. The molecule has 120 valence electrons. The Hall–Kier alpha value is -2.63. The Labute approximate surface area is 135 Å². The number of hydrogen-bond acceptors (Lipinski definition) is 5. The van der Waals surface area contributed by atoms with Gasteiger partial charge in [-0.15, -0.1) is 0 Å². The molecule has 0 saturated carbocycles. The largest absolute Gasteiger partial charge is 0.497 e. The van der Waals surface area contributed by atoms with Crippen LogP contribution in [0.4, 0.5) is 5.95 Å². The van der Waals surface area contributed by atoms with E-state index in [9.17, 15) is 0 Å². The van der Waals surface area contributed by atoms with Gasteiger partial charge in [0.15, 0.2) is 5.65 Å². The summed E-state index contributed by atoms with van der Waals surface area (Å²) in [6, 6.07) is 9.94. The lowest BCUT2D eigenvalue weighted by Crippen LogP contribution is -2.14. The van der Waals surface area contributed by atoms with Crippen LogP contribution in [0.2, 0.25) is 0 Å². The van der Waals surface area contributed by atoms with Gasteiger partial charge in [-0.05, 0) is 24.6 Å². The second-order valence-electron chi connectivity index (χ2n) is 5.80. The molecule has 3 aromatic rings. The molecular weight excluding hydrogens is 290 g/mol. The van der Waals surface area contributed by atoms with Crippen molar-refractivity contribution in [1.82, 2.24) is 19.6 Å². The summed E-state index contributed by atoms with van der Waals surface area (Å²) in [4.78, 5) is 9.16. The van der Waals surface area contributed by atoms with E-state index < -0.39 is 0 Å². The van der Waals surface area contributed by atoms with Crippen molar-refractivity contribution in [2.75, 3.05) is 12.4 Å². The number of fused-ring (bicyclic) bond motifs is 1. The van der Waals surface area contributed by atoms with Gasteiger partial charge in [-0.25, -0.2) is 4.98 Å². The predicted octanol–water partition coefficient (Wildman–Crippen LogP) is 3.43. The van der Waals surface area contributed by atoms with Gasteiger partial charge in [0.2, 0.25) is 5.95 Å². The highest BCUT2D eigenvalue weighted by Crippen LogP contribution is 2.23. The van der Waals surface area contributed by atoms with E-state index >= 15 is 0 Å². The first kappa shape index (κ1) is 15.3. The lowest BCUT2D eigenvalue weighted by molar-refractivity contribution is 0.414. The highest BCUT2D eigenvalue weighted by atomic mass is 16.5. The normalized spacial score (nSPS) is 12.6. The summed E-state index contributed by atoms with van der Waals surface area (Å²) in [5.41, 5.74) is 1.92. The molecule has 23 heavy (non-hydrogen) atoms. The second kappa shape index (κ2) is 6.24. The second-order valence-corrected chi connectivity index (χ2v) is 5.80. The van der Waals surface area contributed by atoms with Crippen LogP contribution in [0.5, 0.6) is 5.75 Å². The Morgan fingerprint density at radius 3 is 2.70 bits per heavy atom. The highest BCUT2D eigenvalue weighted by molar-refractivity contribution is 5.45. The number of rotatable bonds is 5. The van der Waals surface area contributed by atoms with Gasteiger partial charge < -0.3 is 10.1 Å². The van der Waals surface area contributed by atoms with Crippen molar-refractivity contribution in [1.29, 1.82) is 0 Å². The molecule has 0 aliphatic heterocycles. The third-order valence-electron chi connectivity index (χ3n) is 3.73. The van der Waals surface area contributed by atoms with Crippen molar-refractivity contribution in [3.05, 3.63) is 47.9 Å². The van der Waals surface area contributed by atoms with E-state index in [-0.39, 0.29) is 12.0 Å².